The van der Waals surface area contributed by atoms with Crippen molar-refractivity contribution in [1.29, 1.82) is 0 Å². The van der Waals surface area contributed by atoms with Gasteiger partial charge >= 0.3 is 12.0 Å². The fraction of sp³-hybridized carbons (Fsp3) is 0.333. The summed E-state index contributed by atoms with van der Waals surface area (Å²) in [6.07, 6.45) is 2.52. The van der Waals surface area contributed by atoms with Gasteiger partial charge in [0.25, 0.3) is 0 Å². The average molecular weight is 224 g/mol. The van der Waals surface area contributed by atoms with Gasteiger partial charge in [-0.2, -0.15) is 9.78 Å². The highest BCUT2D eigenvalue weighted by molar-refractivity contribution is 5.86. The lowest BCUT2D eigenvalue weighted by Gasteiger charge is -2.05. The summed E-state index contributed by atoms with van der Waals surface area (Å²) in [6, 6.07) is -0.427. The van der Waals surface area contributed by atoms with Crippen molar-refractivity contribution >= 4 is 12.0 Å². The summed E-state index contributed by atoms with van der Waals surface area (Å²) < 4.78 is 5.81. The van der Waals surface area contributed by atoms with Gasteiger partial charge in [0.05, 0.1) is 6.54 Å². The molecule has 0 spiro atoms. The third kappa shape index (κ3) is 3.52. The molecule has 0 fully saturated rings. The monoisotopic (exact) mass is 224 g/mol. The Kier molecular flexibility index (Phi) is 4.19. The first kappa shape index (κ1) is 11.9. The maximum Gasteiger partial charge on any atom is 0.343 e. The third-order valence-corrected chi connectivity index (χ3v) is 1.59. The molecule has 1 rings (SSSR count). The van der Waals surface area contributed by atoms with Crippen LogP contribution in [0.15, 0.2) is 24.8 Å². The van der Waals surface area contributed by atoms with Crippen LogP contribution in [-0.2, 0) is 9.53 Å². The molecular formula is C9H12N4O3. The van der Waals surface area contributed by atoms with Gasteiger partial charge in [0.2, 0.25) is 0 Å². The number of esters is 1. The van der Waals surface area contributed by atoms with Crippen molar-refractivity contribution in [3.63, 3.8) is 0 Å². The largest absolute Gasteiger partial charge is 0.460 e. The van der Waals surface area contributed by atoms with Gasteiger partial charge in [0.1, 0.15) is 19.3 Å². The molecule has 0 aliphatic carbocycles. The lowest BCUT2D eigenvalue weighted by Crippen LogP contribution is -2.32. The van der Waals surface area contributed by atoms with Gasteiger partial charge in [-0.1, -0.05) is 6.58 Å². The van der Waals surface area contributed by atoms with Gasteiger partial charge < -0.3 is 10.1 Å². The summed E-state index contributed by atoms with van der Waals surface area (Å²) in [7, 11) is 0. The zero-order chi connectivity index (χ0) is 12.0. The lowest BCUT2D eigenvalue weighted by molar-refractivity contribution is -0.138. The first-order valence-corrected chi connectivity index (χ1v) is 4.56. The minimum absolute atomic E-state index is 0.0894. The Labute approximate surface area is 92.1 Å². The van der Waals surface area contributed by atoms with Crippen LogP contribution in [0.25, 0.3) is 0 Å². The van der Waals surface area contributed by atoms with Crippen LogP contribution >= 0.6 is 0 Å². The van der Waals surface area contributed by atoms with Crippen LogP contribution in [0.2, 0.25) is 0 Å². The molecule has 16 heavy (non-hydrogen) atoms. The van der Waals surface area contributed by atoms with E-state index in [9.17, 15) is 9.59 Å². The molecule has 0 saturated carbocycles. The Morgan fingerprint density at radius 1 is 1.56 bits per heavy atom. The van der Waals surface area contributed by atoms with Crippen molar-refractivity contribution in [3.05, 3.63) is 24.8 Å². The molecule has 1 amide bonds. The summed E-state index contributed by atoms with van der Waals surface area (Å²) in [6.45, 7) is 5.27. The Bertz CT molecular complexity index is 385. The zero-order valence-corrected chi connectivity index (χ0v) is 8.84. The van der Waals surface area contributed by atoms with E-state index in [2.05, 4.69) is 22.0 Å². The molecule has 0 aliphatic rings. The van der Waals surface area contributed by atoms with Gasteiger partial charge in [-0.25, -0.2) is 14.6 Å². The van der Waals surface area contributed by atoms with E-state index in [4.69, 9.17) is 4.74 Å². The number of carbonyl (C=O) groups excluding carboxylic acids is 2. The molecule has 1 aromatic heterocycles. The molecule has 0 radical (unpaired) electrons. The number of hydrogen-bond donors (Lipinski definition) is 1. The number of hydrogen-bond acceptors (Lipinski definition) is 5. The van der Waals surface area contributed by atoms with Crippen molar-refractivity contribution in [2.45, 2.75) is 6.92 Å². The lowest BCUT2D eigenvalue weighted by atomic mass is 10.4. The van der Waals surface area contributed by atoms with Crippen molar-refractivity contribution in [1.82, 2.24) is 20.1 Å². The smallest absolute Gasteiger partial charge is 0.343 e. The summed E-state index contributed by atoms with van der Waals surface area (Å²) >= 11 is 0. The van der Waals surface area contributed by atoms with Gasteiger partial charge in [0.15, 0.2) is 0 Å². The minimum Gasteiger partial charge on any atom is -0.460 e. The number of nitrogens with zero attached hydrogens (tertiary/aromatic N) is 3. The van der Waals surface area contributed by atoms with Crippen LogP contribution in [0, 0.1) is 0 Å². The van der Waals surface area contributed by atoms with Crippen LogP contribution in [0.1, 0.15) is 6.92 Å². The van der Waals surface area contributed by atoms with Crippen LogP contribution in [0.4, 0.5) is 4.79 Å². The van der Waals surface area contributed by atoms with E-state index in [1.807, 2.05) is 0 Å². The van der Waals surface area contributed by atoms with E-state index < -0.39 is 12.0 Å². The molecule has 86 valence electrons. The number of aromatic nitrogens is 3. The maximum absolute atomic E-state index is 11.3. The van der Waals surface area contributed by atoms with Gasteiger partial charge in [-0.3, -0.25) is 0 Å². The summed E-state index contributed by atoms with van der Waals surface area (Å²) in [4.78, 5) is 25.8. The quantitative estimate of drug-likeness (QED) is 0.440. The summed E-state index contributed by atoms with van der Waals surface area (Å²) in [5, 5.41) is 6.12. The molecule has 0 atom stereocenters. The topological polar surface area (TPSA) is 86.1 Å². The predicted octanol–water partition coefficient (Wildman–Crippen LogP) is -0.0449. The van der Waals surface area contributed by atoms with Gasteiger partial charge in [-0.15, -0.1) is 0 Å². The fourth-order valence-electron chi connectivity index (χ4n) is 0.819. The van der Waals surface area contributed by atoms with Crippen molar-refractivity contribution in [2.24, 2.45) is 0 Å². The second kappa shape index (κ2) is 5.64. The molecular weight excluding hydrogens is 212 g/mol. The first-order chi connectivity index (χ1) is 7.61. The van der Waals surface area contributed by atoms with Crippen molar-refractivity contribution in [3.8, 4) is 0 Å². The van der Waals surface area contributed by atoms with E-state index in [-0.39, 0.29) is 13.2 Å². The standard InChI is InChI=1S/C9H12N4O3/c1-7(2)8(14)16-4-3-11-9(15)13-6-10-5-12-13/h5-6H,1,3-4H2,2H3,(H,11,15). The number of amides is 1. The molecule has 0 aromatic carbocycles. The van der Waals surface area contributed by atoms with Crippen LogP contribution in [-0.4, -0.2) is 39.9 Å². The first-order valence-electron chi connectivity index (χ1n) is 4.56. The van der Waals surface area contributed by atoms with Crippen LogP contribution in [0.3, 0.4) is 0 Å². The van der Waals surface area contributed by atoms with E-state index in [1.165, 1.54) is 12.7 Å². The average Bonchev–Trinajstić information content (AvgIpc) is 2.76. The SMILES string of the molecule is C=C(C)C(=O)OCCNC(=O)n1cncn1. The van der Waals surface area contributed by atoms with E-state index >= 15 is 0 Å². The minimum atomic E-state index is -0.477. The van der Waals surface area contributed by atoms with Crippen molar-refractivity contribution in [2.75, 3.05) is 13.2 Å². The molecule has 0 aliphatic heterocycles. The third-order valence-electron chi connectivity index (χ3n) is 1.59. The van der Waals surface area contributed by atoms with Crippen LogP contribution < -0.4 is 5.32 Å². The van der Waals surface area contributed by atoms with E-state index in [0.29, 0.717) is 5.57 Å². The summed E-state index contributed by atoms with van der Waals surface area (Å²) in [5.41, 5.74) is 0.322. The maximum atomic E-state index is 11.3. The van der Waals surface area contributed by atoms with E-state index in [1.54, 1.807) is 6.92 Å². The van der Waals surface area contributed by atoms with E-state index in [0.717, 1.165) is 4.68 Å². The second-order valence-electron chi connectivity index (χ2n) is 2.99. The Balaban J connectivity index is 2.19. The Morgan fingerprint density at radius 3 is 2.88 bits per heavy atom. The second-order valence-corrected chi connectivity index (χ2v) is 2.99. The Morgan fingerprint density at radius 2 is 2.31 bits per heavy atom. The predicted molar refractivity (Wildman–Crippen MR) is 54.6 cm³/mol. The number of rotatable bonds is 4. The molecule has 0 unspecified atom stereocenters. The summed E-state index contributed by atoms with van der Waals surface area (Å²) in [5.74, 6) is -0.477. The molecule has 0 saturated heterocycles. The zero-order valence-electron chi connectivity index (χ0n) is 8.84. The highest BCUT2D eigenvalue weighted by atomic mass is 16.5. The number of nitrogens with one attached hydrogen (secondary N) is 1. The van der Waals surface area contributed by atoms with Crippen molar-refractivity contribution < 1.29 is 14.3 Å². The normalized spacial score (nSPS) is 9.56. The molecule has 1 aromatic rings. The van der Waals surface area contributed by atoms with Crippen LogP contribution in [0.5, 0.6) is 0 Å². The number of carbonyl (C=O) groups is 2. The molecule has 7 heteroatoms. The molecule has 1 heterocycles. The van der Waals surface area contributed by atoms with Gasteiger partial charge in [-0.05, 0) is 6.92 Å². The molecule has 7 nitrogen and oxygen atoms in total. The highest BCUT2D eigenvalue weighted by Crippen LogP contribution is 1.90. The molecule has 1 N–H and O–H groups in total. The van der Waals surface area contributed by atoms with Gasteiger partial charge in [0, 0.05) is 5.57 Å². The molecule has 0 bridgehead atoms. The fourth-order valence-corrected chi connectivity index (χ4v) is 0.819. The number of ether oxygens (including phenoxy) is 1. The highest BCUT2D eigenvalue weighted by Gasteiger charge is 2.05. The Hall–Kier alpha value is -2.18.